The number of esters is 1. The highest BCUT2D eigenvalue weighted by atomic mass is 16.5. The molecule has 7 heteroatoms. The highest BCUT2D eigenvalue weighted by Crippen LogP contribution is 2.28. The van der Waals surface area contributed by atoms with Gasteiger partial charge in [0.25, 0.3) is 11.8 Å². The van der Waals surface area contributed by atoms with E-state index in [0.717, 1.165) is 22.6 Å². The summed E-state index contributed by atoms with van der Waals surface area (Å²) in [4.78, 5) is 52.4. The summed E-state index contributed by atoms with van der Waals surface area (Å²) in [6.45, 7) is 1.51. The van der Waals surface area contributed by atoms with Gasteiger partial charge >= 0.3 is 5.97 Å². The number of fused-ring (bicyclic) bond motifs is 2. The van der Waals surface area contributed by atoms with E-state index in [1.165, 1.54) is 6.92 Å². The fraction of sp³-hybridized carbons (Fsp3) is 0.273. The Hall–Kier alpha value is -3.48. The minimum absolute atomic E-state index is 0.0498. The summed E-state index contributed by atoms with van der Waals surface area (Å²) in [6.07, 6.45) is -0.219. The van der Waals surface area contributed by atoms with E-state index in [1.54, 1.807) is 29.2 Å². The van der Waals surface area contributed by atoms with Gasteiger partial charge < -0.3 is 9.64 Å². The molecular weight excluding hydrogens is 372 g/mol. The molecule has 2 aliphatic heterocycles. The van der Waals surface area contributed by atoms with Gasteiger partial charge in [0.15, 0.2) is 6.10 Å². The van der Waals surface area contributed by atoms with E-state index in [1.807, 2.05) is 24.3 Å². The van der Waals surface area contributed by atoms with Crippen molar-refractivity contribution in [1.82, 2.24) is 4.90 Å². The fourth-order valence-corrected chi connectivity index (χ4v) is 3.76. The fourth-order valence-electron chi connectivity index (χ4n) is 3.76. The zero-order valence-electron chi connectivity index (χ0n) is 16.0. The maximum Gasteiger partial charge on any atom is 0.326 e. The summed E-state index contributed by atoms with van der Waals surface area (Å²) in [7, 11) is 0. The molecule has 0 saturated heterocycles. The molecule has 148 valence electrons. The van der Waals surface area contributed by atoms with Crippen LogP contribution in [0.1, 0.15) is 28.4 Å². The summed E-state index contributed by atoms with van der Waals surface area (Å²) >= 11 is 0. The van der Waals surface area contributed by atoms with Crippen molar-refractivity contribution in [2.24, 2.45) is 0 Å². The zero-order valence-corrected chi connectivity index (χ0v) is 16.0. The average molecular weight is 392 g/mol. The Morgan fingerprint density at radius 3 is 2.52 bits per heavy atom. The molecular formula is C22H20N2O5. The third-order valence-corrected chi connectivity index (χ3v) is 5.23. The quantitative estimate of drug-likeness (QED) is 0.585. The number of benzene rings is 2. The van der Waals surface area contributed by atoms with Gasteiger partial charge in [-0.15, -0.1) is 0 Å². The van der Waals surface area contributed by atoms with Crippen LogP contribution in [0.3, 0.4) is 0 Å². The summed E-state index contributed by atoms with van der Waals surface area (Å²) < 4.78 is 5.25. The van der Waals surface area contributed by atoms with Gasteiger partial charge in [-0.3, -0.25) is 24.1 Å². The number of rotatable bonds is 4. The Labute approximate surface area is 167 Å². The number of para-hydroxylation sites is 1. The topological polar surface area (TPSA) is 84.0 Å². The third-order valence-electron chi connectivity index (χ3n) is 5.23. The maximum atomic E-state index is 12.7. The second kappa shape index (κ2) is 7.50. The summed E-state index contributed by atoms with van der Waals surface area (Å²) in [6, 6.07) is 14.4. The molecule has 3 amide bonds. The molecule has 2 aliphatic rings. The van der Waals surface area contributed by atoms with Gasteiger partial charge in [-0.2, -0.15) is 0 Å². The van der Waals surface area contributed by atoms with E-state index in [4.69, 9.17) is 4.74 Å². The van der Waals surface area contributed by atoms with Gasteiger partial charge in [0.1, 0.15) is 6.54 Å². The second-order valence-corrected chi connectivity index (χ2v) is 7.12. The van der Waals surface area contributed by atoms with Crippen LogP contribution in [0.5, 0.6) is 0 Å². The summed E-state index contributed by atoms with van der Waals surface area (Å²) in [5.41, 5.74) is 2.93. The Bertz CT molecular complexity index is 1020. The molecule has 7 nitrogen and oxygen atoms in total. The van der Waals surface area contributed by atoms with E-state index in [9.17, 15) is 19.2 Å². The minimum atomic E-state index is -1.02. The van der Waals surface area contributed by atoms with Crippen molar-refractivity contribution in [2.45, 2.75) is 25.9 Å². The van der Waals surface area contributed by atoms with Crippen LogP contribution in [0.2, 0.25) is 0 Å². The van der Waals surface area contributed by atoms with Crippen molar-refractivity contribution in [1.29, 1.82) is 0 Å². The normalized spacial score (nSPS) is 16.3. The van der Waals surface area contributed by atoms with Gasteiger partial charge in [-0.1, -0.05) is 36.4 Å². The minimum Gasteiger partial charge on any atom is -0.451 e. The van der Waals surface area contributed by atoms with Crippen molar-refractivity contribution in [3.8, 4) is 0 Å². The van der Waals surface area contributed by atoms with Crippen LogP contribution in [0, 0.1) is 0 Å². The molecule has 0 bridgehead atoms. The first kappa shape index (κ1) is 18.9. The van der Waals surface area contributed by atoms with Gasteiger partial charge in [0.2, 0.25) is 5.91 Å². The number of anilines is 1. The lowest BCUT2D eigenvalue weighted by atomic mass is 9.98. The number of nitrogens with zero attached hydrogens (tertiary/aromatic N) is 2. The van der Waals surface area contributed by atoms with Crippen molar-refractivity contribution in [3.63, 3.8) is 0 Å². The van der Waals surface area contributed by atoms with E-state index in [-0.39, 0.29) is 12.3 Å². The van der Waals surface area contributed by atoms with Crippen molar-refractivity contribution in [3.05, 3.63) is 65.2 Å². The molecule has 0 unspecified atom stereocenters. The van der Waals surface area contributed by atoms with Crippen molar-refractivity contribution < 1.29 is 23.9 Å². The van der Waals surface area contributed by atoms with Gasteiger partial charge in [-0.05, 0) is 36.6 Å². The molecule has 4 rings (SSSR count). The monoisotopic (exact) mass is 392 g/mol. The Kier molecular flexibility index (Phi) is 4.88. The third kappa shape index (κ3) is 3.51. The molecule has 0 N–H and O–H groups in total. The molecule has 0 saturated carbocycles. The number of carbonyl (C=O) groups is 4. The Morgan fingerprint density at radius 1 is 1.03 bits per heavy atom. The number of carbonyl (C=O) groups excluding carboxylic acids is 4. The number of amides is 3. The molecule has 2 aromatic rings. The van der Waals surface area contributed by atoms with Gasteiger partial charge in [-0.25, -0.2) is 0 Å². The number of imide groups is 1. The molecule has 2 heterocycles. The SMILES string of the molecule is C[C@H](OC(=O)CN1C(=O)Cc2ccccc2C1=O)C(=O)N1CCc2ccccc21. The summed E-state index contributed by atoms with van der Waals surface area (Å²) in [5.74, 6) is -2.11. The lowest BCUT2D eigenvalue weighted by Gasteiger charge is -2.27. The van der Waals surface area contributed by atoms with Crippen LogP contribution in [-0.4, -0.2) is 47.8 Å². The standard InChI is InChI=1S/C22H20N2O5/c1-14(21(27)23-11-10-15-6-3-5-9-18(15)23)29-20(26)13-24-19(25)12-16-7-2-4-8-17(16)22(24)28/h2-9,14H,10-13H2,1H3/t14-/m0/s1. The van der Waals surface area contributed by atoms with Crippen LogP contribution < -0.4 is 4.90 Å². The second-order valence-electron chi connectivity index (χ2n) is 7.12. The predicted molar refractivity (Wildman–Crippen MR) is 104 cm³/mol. The smallest absolute Gasteiger partial charge is 0.326 e. The molecule has 0 aliphatic carbocycles. The van der Waals surface area contributed by atoms with E-state index in [0.29, 0.717) is 17.7 Å². The highest BCUT2D eigenvalue weighted by Gasteiger charge is 2.34. The van der Waals surface area contributed by atoms with Crippen LogP contribution in [0.25, 0.3) is 0 Å². The lowest BCUT2D eigenvalue weighted by molar-refractivity contribution is -0.156. The molecule has 0 radical (unpaired) electrons. The first-order valence-electron chi connectivity index (χ1n) is 9.47. The number of ether oxygens (including phenoxy) is 1. The van der Waals surface area contributed by atoms with Crippen molar-refractivity contribution >= 4 is 29.4 Å². The first-order valence-corrected chi connectivity index (χ1v) is 9.47. The van der Waals surface area contributed by atoms with Crippen LogP contribution >= 0.6 is 0 Å². The van der Waals surface area contributed by atoms with E-state index >= 15 is 0 Å². The molecule has 2 aromatic carbocycles. The van der Waals surface area contributed by atoms with Crippen molar-refractivity contribution in [2.75, 3.05) is 18.0 Å². The average Bonchev–Trinajstić information content (AvgIpc) is 3.14. The number of hydrogen-bond donors (Lipinski definition) is 0. The van der Waals surface area contributed by atoms with E-state index in [2.05, 4.69) is 0 Å². The zero-order chi connectivity index (χ0) is 20.5. The van der Waals surface area contributed by atoms with Gasteiger partial charge in [0.05, 0.1) is 6.42 Å². The van der Waals surface area contributed by atoms with E-state index < -0.39 is 30.4 Å². The first-order chi connectivity index (χ1) is 14.0. The molecule has 0 spiro atoms. The highest BCUT2D eigenvalue weighted by molar-refractivity contribution is 6.11. The lowest BCUT2D eigenvalue weighted by Crippen LogP contribution is -2.46. The summed E-state index contributed by atoms with van der Waals surface area (Å²) in [5, 5.41) is 0. The molecule has 0 aromatic heterocycles. The predicted octanol–water partition coefficient (Wildman–Crippen LogP) is 1.73. The Morgan fingerprint density at radius 2 is 1.72 bits per heavy atom. The molecule has 29 heavy (non-hydrogen) atoms. The molecule has 0 fully saturated rings. The van der Waals surface area contributed by atoms with Crippen LogP contribution in [0.15, 0.2) is 48.5 Å². The largest absolute Gasteiger partial charge is 0.451 e. The van der Waals surface area contributed by atoms with Crippen LogP contribution in [0.4, 0.5) is 5.69 Å². The Balaban J connectivity index is 1.40. The van der Waals surface area contributed by atoms with Crippen LogP contribution in [-0.2, 0) is 32.0 Å². The maximum absolute atomic E-state index is 12.7. The van der Waals surface area contributed by atoms with Gasteiger partial charge in [0, 0.05) is 17.8 Å². The molecule has 1 atom stereocenters. The number of hydrogen-bond acceptors (Lipinski definition) is 5.